The van der Waals surface area contributed by atoms with Crippen molar-refractivity contribution in [2.24, 2.45) is 5.10 Å². The number of hydrazone groups is 1. The summed E-state index contributed by atoms with van der Waals surface area (Å²) in [5.41, 5.74) is 6.93. The number of carbonyl (C=O) groups is 2. The molecule has 1 aromatic heterocycles. The molecule has 7 nitrogen and oxygen atoms in total. The summed E-state index contributed by atoms with van der Waals surface area (Å²) >= 11 is 1.64. The van der Waals surface area contributed by atoms with Crippen LogP contribution in [0.3, 0.4) is 0 Å². The largest absolute Gasteiger partial charge is 0.370 e. The minimum Gasteiger partial charge on any atom is -0.370 e. The van der Waals surface area contributed by atoms with Crippen molar-refractivity contribution in [2.75, 3.05) is 42.5 Å². The van der Waals surface area contributed by atoms with Crippen LogP contribution in [0, 0.1) is 0 Å². The molecule has 1 heterocycles. The van der Waals surface area contributed by atoms with E-state index in [2.05, 4.69) is 59.4 Å². The van der Waals surface area contributed by atoms with Gasteiger partial charge in [-0.25, -0.2) is 5.43 Å². The molecule has 0 aliphatic rings. The molecule has 0 spiro atoms. The SMILES string of the molecule is CCN(CC)c1ccc(C(=O)NCC(=O)NN=C(C)c2csc3ccccc23)cc1N(CC)CC. The summed E-state index contributed by atoms with van der Waals surface area (Å²) in [7, 11) is 0. The first-order chi connectivity index (χ1) is 16.9. The minimum absolute atomic E-state index is 0.154. The van der Waals surface area contributed by atoms with E-state index >= 15 is 0 Å². The first kappa shape index (κ1) is 26.2. The number of thiophene rings is 1. The van der Waals surface area contributed by atoms with Crippen LogP contribution in [0.15, 0.2) is 52.9 Å². The molecular weight excluding hydrogens is 458 g/mol. The summed E-state index contributed by atoms with van der Waals surface area (Å²) in [5.74, 6) is -0.662. The first-order valence-electron chi connectivity index (χ1n) is 12.1. The van der Waals surface area contributed by atoms with E-state index in [-0.39, 0.29) is 18.4 Å². The Morgan fingerprint density at radius 1 is 0.914 bits per heavy atom. The van der Waals surface area contributed by atoms with Crippen LogP contribution < -0.4 is 20.5 Å². The van der Waals surface area contributed by atoms with Crippen LogP contribution in [-0.2, 0) is 4.79 Å². The molecule has 0 aliphatic carbocycles. The highest BCUT2D eigenvalue weighted by Crippen LogP contribution is 2.31. The molecule has 0 atom stereocenters. The van der Waals surface area contributed by atoms with Gasteiger partial charge in [-0.2, -0.15) is 5.10 Å². The Labute approximate surface area is 211 Å². The van der Waals surface area contributed by atoms with Gasteiger partial charge in [0.2, 0.25) is 0 Å². The van der Waals surface area contributed by atoms with Gasteiger partial charge in [0, 0.05) is 52.8 Å². The topological polar surface area (TPSA) is 77.0 Å². The molecule has 3 aromatic rings. The summed E-state index contributed by atoms with van der Waals surface area (Å²) in [6.07, 6.45) is 0. The molecule has 0 bridgehead atoms. The number of fused-ring (bicyclic) bond motifs is 1. The molecule has 0 saturated carbocycles. The molecule has 2 N–H and O–H groups in total. The number of benzene rings is 2. The Morgan fingerprint density at radius 2 is 1.57 bits per heavy atom. The van der Waals surface area contributed by atoms with E-state index in [0.29, 0.717) is 5.56 Å². The fraction of sp³-hybridized carbons (Fsp3) is 0.370. The lowest BCUT2D eigenvalue weighted by molar-refractivity contribution is -0.120. The molecule has 0 aliphatic heterocycles. The van der Waals surface area contributed by atoms with E-state index in [4.69, 9.17) is 0 Å². The Kier molecular flexibility index (Phi) is 9.25. The van der Waals surface area contributed by atoms with Gasteiger partial charge in [0.05, 0.1) is 23.6 Å². The number of amides is 2. The van der Waals surface area contributed by atoms with Crippen molar-refractivity contribution >= 4 is 50.3 Å². The summed E-state index contributed by atoms with van der Waals surface area (Å²) in [6.45, 7) is 13.6. The highest BCUT2D eigenvalue weighted by atomic mass is 32.1. The van der Waals surface area contributed by atoms with Crippen molar-refractivity contribution in [3.8, 4) is 0 Å². The molecule has 2 amide bonds. The van der Waals surface area contributed by atoms with Gasteiger partial charge < -0.3 is 15.1 Å². The highest BCUT2D eigenvalue weighted by molar-refractivity contribution is 7.17. The van der Waals surface area contributed by atoms with E-state index in [1.807, 2.05) is 48.7 Å². The van der Waals surface area contributed by atoms with Crippen molar-refractivity contribution in [2.45, 2.75) is 34.6 Å². The summed E-state index contributed by atoms with van der Waals surface area (Å²) < 4.78 is 1.17. The number of hydrogen-bond acceptors (Lipinski definition) is 6. The summed E-state index contributed by atoms with van der Waals surface area (Å²) in [6, 6.07) is 13.8. The third kappa shape index (κ3) is 6.19. The van der Waals surface area contributed by atoms with Crippen molar-refractivity contribution in [3.63, 3.8) is 0 Å². The number of nitrogens with one attached hydrogen (secondary N) is 2. The molecule has 3 rings (SSSR count). The summed E-state index contributed by atoms with van der Waals surface area (Å²) in [5, 5.41) is 10.1. The lowest BCUT2D eigenvalue weighted by Gasteiger charge is -2.30. The van der Waals surface area contributed by atoms with Gasteiger partial charge in [0.1, 0.15) is 0 Å². The number of carbonyl (C=O) groups excluding carboxylic acids is 2. The van der Waals surface area contributed by atoms with Crippen LogP contribution in [-0.4, -0.2) is 50.2 Å². The minimum atomic E-state index is -0.374. The second-order valence-corrected chi connectivity index (χ2v) is 9.02. The van der Waals surface area contributed by atoms with Crippen LogP contribution in [0.2, 0.25) is 0 Å². The highest BCUT2D eigenvalue weighted by Gasteiger charge is 2.17. The zero-order chi connectivity index (χ0) is 25.4. The molecule has 8 heteroatoms. The second-order valence-electron chi connectivity index (χ2n) is 8.11. The average molecular weight is 494 g/mol. The molecule has 0 unspecified atom stereocenters. The maximum atomic E-state index is 12.8. The molecule has 186 valence electrons. The number of hydrogen-bond donors (Lipinski definition) is 2. The van der Waals surface area contributed by atoms with E-state index in [0.717, 1.165) is 54.2 Å². The molecule has 0 radical (unpaired) electrons. The van der Waals surface area contributed by atoms with Crippen LogP contribution in [0.1, 0.15) is 50.5 Å². The normalized spacial score (nSPS) is 11.4. The predicted molar refractivity (Wildman–Crippen MR) is 148 cm³/mol. The number of anilines is 2. The maximum Gasteiger partial charge on any atom is 0.259 e. The van der Waals surface area contributed by atoms with Gasteiger partial charge in [-0.1, -0.05) is 18.2 Å². The van der Waals surface area contributed by atoms with E-state index in [1.165, 1.54) is 4.70 Å². The fourth-order valence-corrected chi connectivity index (χ4v) is 5.08. The zero-order valence-electron chi connectivity index (χ0n) is 21.2. The quantitative estimate of drug-likeness (QED) is 0.295. The van der Waals surface area contributed by atoms with E-state index in [9.17, 15) is 9.59 Å². The van der Waals surface area contributed by atoms with Gasteiger partial charge in [0.25, 0.3) is 11.8 Å². The van der Waals surface area contributed by atoms with Crippen LogP contribution in [0.5, 0.6) is 0 Å². The lowest BCUT2D eigenvalue weighted by Crippen LogP contribution is -2.35. The lowest BCUT2D eigenvalue weighted by atomic mass is 10.1. The van der Waals surface area contributed by atoms with Crippen LogP contribution in [0.25, 0.3) is 10.1 Å². The average Bonchev–Trinajstić information content (AvgIpc) is 3.32. The van der Waals surface area contributed by atoms with Crippen LogP contribution >= 0.6 is 11.3 Å². The Bertz CT molecular complexity index is 1200. The van der Waals surface area contributed by atoms with Gasteiger partial charge in [-0.15, -0.1) is 11.3 Å². The van der Waals surface area contributed by atoms with Gasteiger partial charge in [-0.3, -0.25) is 9.59 Å². The Hall–Kier alpha value is -3.39. The molecule has 0 saturated heterocycles. The Morgan fingerprint density at radius 3 is 2.26 bits per heavy atom. The standard InChI is InChI=1S/C27H35N5O2S/c1-6-31(7-2)23-15-14-20(16-24(23)32(8-3)9-4)27(34)28-17-26(33)30-29-19(5)22-18-35-25-13-11-10-12-21(22)25/h10-16,18H,6-9,17H2,1-5H3,(H,28,34)(H,30,33). The number of nitrogens with zero attached hydrogens (tertiary/aromatic N) is 3. The van der Waals surface area contributed by atoms with Crippen LogP contribution in [0.4, 0.5) is 11.4 Å². The monoisotopic (exact) mass is 493 g/mol. The fourth-order valence-electron chi connectivity index (χ4n) is 4.08. The molecule has 35 heavy (non-hydrogen) atoms. The zero-order valence-corrected chi connectivity index (χ0v) is 22.0. The second kappa shape index (κ2) is 12.4. The first-order valence-corrected chi connectivity index (χ1v) is 13.0. The van der Waals surface area contributed by atoms with Crippen molar-refractivity contribution in [1.29, 1.82) is 0 Å². The third-order valence-corrected chi connectivity index (χ3v) is 7.04. The van der Waals surface area contributed by atoms with Crippen molar-refractivity contribution < 1.29 is 9.59 Å². The molecule has 0 fully saturated rings. The van der Waals surface area contributed by atoms with Gasteiger partial charge in [-0.05, 0) is 58.9 Å². The maximum absolute atomic E-state index is 12.8. The van der Waals surface area contributed by atoms with Crippen molar-refractivity contribution in [3.05, 3.63) is 59.0 Å². The molecular formula is C27H35N5O2S. The predicted octanol–water partition coefficient (Wildman–Crippen LogP) is 4.86. The van der Waals surface area contributed by atoms with Crippen molar-refractivity contribution in [1.82, 2.24) is 10.7 Å². The Balaban J connectivity index is 1.66. The smallest absolute Gasteiger partial charge is 0.259 e. The van der Waals surface area contributed by atoms with E-state index in [1.54, 1.807) is 11.3 Å². The van der Waals surface area contributed by atoms with Gasteiger partial charge >= 0.3 is 0 Å². The summed E-state index contributed by atoms with van der Waals surface area (Å²) in [4.78, 5) is 29.7. The third-order valence-electron chi connectivity index (χ3n) is 6.07. The van der Waals surface area contributed by atoms with E-state index < -0.39 is 0 Å². The molecule has 2 aromatic carbocycles. The van der Waals surface area contributed by atoms with Gasteiger partial charge in [0.15, 0.2) is 0 Å². The number of rotatable bonds is 11.